The lowest BCUT2D eigenvalue weighted by Gasteiger charge is -2.16. The van der Waals surface area contributed by atoms with Gasteiger partial charge in [-0.15, -0.1) is 0 Å². The summed E-state index contributed by atoms with van der Waals surface area (Å²) in [6, 6.07) is 2.27. The molecule has 0 bridgehead atoms. The van der Waals surface area contributed by atoms with E-state index in [1.54, 1.807) is 0 Å². The van der Waals surface area contributed by atoms with Crippen LogP contribution in [-0.4, -0.2) is 9.78 Å². The van der Waals surface area contributed by atoms with Crippen molar-refractivity contribution in [3.8, 4) is 0 Å². The first-order chi connectivity index (χ1) is 6.83. The molecule has 1 aromatic heterocycles. The highest BCUT2D eigenvalue weighted by Crippen LogP contribution is 2.17. The van der Waals surface area contributed by atoms with Crippen molar-refractivity contribution in [2.75, 3.05) is 0 Å². The van der Waals surface area contributed by atoms with Gasteiger partial charge in [-0.05, 0) is 18.9 Å². The summed E-state index contributed by atoms with van der Waals surface area (Å²) in [5.74, 6) is 5.52. The van der Waals surface area contributed by atoms with Gasteiger partial charge in [0, 0.05) is 12.7 Å². The number of nitrogens with zero attached hydrogens (tertiary/aromatic N) is 2. The van der Waals surface area contributed by atoms with E-state index in [1.807, 2.05) is 16.9 Å². The molecular formula is C10H20N4. The molecule has 80 valence electrons. The molecule has 14 heavy (non-hydrogen) atoms. The summed E-state index contributed by atoms with van der Waals surface area (Å²) in [6.07, 6.45) is 5.10. The lowest BCUT2D eigenvalue weighted by Crippen LogP contribution is -2.29. The topological polar surface area (TPSA) is 55.9 Å². The Morgan fingerprint density at radius 1 is 1.50 bits per heavy atom. The van der Waals surface area contributed by atoms with Gasteiger partial charge in [0.2, 0.25) is 0 Å². The minimum absolute atomic E-state index is 0.231. The lowest BCUT2D eigenvalue weighted by atomic mass is 10.1. The zero-order valence-corrected chi connectivity index (χ0v) is 9.03. The Labute approximate surface area is 85.5 Å². The van der Waals surface area contributed by atoms with Crippen LogP contribution >= 0.6 is 0 Å². The van der Waals surface area contributed by atoms with Gasteiger partial charge >= 0.3 is 0 Å². The molecular weight excluding hydrogens is 176 g/mol. The molecule has 4 heteroatoms. The first-order valence-corrected chi connectivity index (χ1v) is 5.31. The first kappa shape index (κ1) is 11.2. The van der Waals surface area contributed by atoms with Gasteiger partial charge in [-0.3, -0.25) is 16.0 Å². The molecule has 0 radical (unpaired) electrons. The third kappa shape index (κ3) is 2.56. The van der Waals surface area contributed by atoms with Crippen molar-refractivity contribution in [3.63, 3.8) is 0 Å². The van der Waals surface area contributed by atoms with Crippen LogP contribution in [0.15, 0.2) is 12.3 Å². The SMILES string of the molecule is CCCC(NN)c1ccnn1CCC. The van der Waals surface area contributed by atoms with Gasteiger partial charge in [0.05, 0.1) is 11.7 Å². The Morgan fingerprint density at radius 2 is 2.29 bits per heavy atom. The predicted octanol–water partition coefficient (Wildman–Crippen LogP) is 1.60. The van der Waals surface area contributed by atoms with E-state index in [-0.39, 0.29) is 6.04 Å². The molecule has 0 saturated heterocycles. The Morgan fingerprint density at radius 3 is 2.86 bits per heavy atom. The second kappa shape index (κ2) is 5.78. The van der Waals surface area contributed by atoms with Crippen molar-refractivity contribution >= 4 is 0 Å². The molecule has 0 fully saturated rings. The number of hydrogen-bond acceptors (Lipinski definition) is 3. The third-order valence-electron chi connectivity index (χ3n) is 2.32. The van der Waals surface area contributed by atoms with Crippen molar-refractivity contribution in [2.45, 2.75) is 45.7 Å². The number of aryl methyl sites for hydroxylation is 1. The molecule has 0 aliphatic rings. The van der Waals surface area contributed by atoms with Gasteiger partial charge in [0.25, 0.3) is 0 Å². The van der Waals surface area contributed by atoms with Crippen LogP contribution in [0, 0.1) is 0 Å². The summed E-state index contributed by atoms with van der Waals surface area (Å²) in [4.78, 5) is 0. The van der Waals surface area contributed by atoms with Gasteiger partial charge in [-0.2, -0.15) is 5.10 Å². The standard InChI is InChI=1S/C10H20N4/c1-3-5-9(13-11)10-6-7-12-14(10)8-4-2/h6-7,9,13H,3-5,8,11H2,1-2H3. The number of nitrogens with two attached hydrogens (primary N) is 1. The first-order valence-electron chi connectivity index (χ1n) is 5.31. The molecule has 3 N–H and O–H groups in total. The van der Waals surface area contributed by atoms with Crippen LogP contribution in [0.1, 0.15) is 44.8 Å². The molecule has 1 heterocycles. The van der Waals surface area contributed by atoms with E-state index in [0.29, 0.717) is 0 Å². The third-order valence-corrected chi connectivity index (χ3v) is 2.32. The van der Waals surface area contributed by atoms with E-state index < -0.39 is 0 Å². The zero-order valence-electron chi connectivity index (χ0n) is 9.03. The van der Waals surface area contributed by atoms with Crippen LogP contribution in [-0.2, 0) is 6.54 Å². The molecule has 4 nitrogen and oxygen atoms in total. The van der Waals surface area contributed by atoms with Crippen molar-refractivity contribution in [1.29, 1.82) is 0 Å². The fraction of sp³-hybridized carbons (Fsp3) is 0.700. The molecule has 0 saturated carbocycles. The van der Waals surface area contributed by atoms with Crippen molar-refractivity contribution in [2.24, 2.45) is 5.84 Å². The predicted molar refractivity (Wildman–Crippen MR) is 57.5 cm³/mol. The molecule has 0 aromatic carbocycles. The summed E-state index contributed by atoms with van der Waals surface area (Å²) >= 11 is 0. The van der Waals surface area contributed by atoms with Crippen LogP contribution in [0.5, 0.6) is 0 Å². The smallest absolute Gasteiger partial charge is 0.0629 e. The molecule has 0 aliphatic heterocycles. The molecule has 0 amide bonds. The zero-order chi connectivity index (χ0) is 10.4. The van der Waals surface area contributed by atoms with Crippen molar-refractivity contribution < 1.29 is 0 Å². The summed E-state index contributed by atoms with van der Waals surface area (Å²) in [6.45, 7) is 5.27. The maximum atomic E-state index is 5.52. The van der Waals surface area contributed by atoms with Crippen molar-refractivity contribution in [1.82, 2.24) is 15.2 Å². The fourth-order valence-corrected chi connectivity index (χ4v) is 1.64. The van der Waals surface area contributed by atoms with Gasteiger partial charge in [0.1, 0.15) is 0 Å². The molecule has 1 unspecified atom stereocenters. The summed E-state index contributed by atoms with van der Waals surface area (Å²) in [7, 11) is 0. The monoisotopic (exact) mass is 196 g/mol. The van der Waals surface area contributed by atoms with Gasteiger partial charge in [-0.1, -0.05) is 20.3 Å². The van der Waals surface area contributed by atoms with Crippen molar-refractivity contribution in [3.05, 3.63) is 18.0 Å². The second-order valence-electron chi connectivity index (χ2n) is 3.49. The highest BCUT2D eigenvalue weighted by molar-refractivity contribution is 5.06. The van der Waals surface area contributed by atoms with Crippen LogP contribution in [0.4, 0.5) is 0 Å². The van der Waals surface area contributed by atoms with Gasteiger partial charge in [-0.25, -0.2) is 0 Å². The van der Waals surface area contributed by atoms with Crippen LogP contribution in [0.25, 0.3) is 0 Å². The Hall–Kier alpha value is -0.870. The number of aromatic nitrogens is 2. The van der Waals surface area contributed by atoms with Gasteiger partial charge < -0.3 is 0 Å². The summed E-state index contributed by atoms with van der Waals surface area (Å²) < 4.78 is 2.03. The average Bonchev–Trinajstić information content (AvgIpc) is 2.63. The van der Waals surface area contributed by atoms with Crippen LogP contribution in [0.3, 0.4) is 0 Å². The lowest BCUT2D eigenvalue weighted by molar-refractivity contribution is 0.454. The van der Waals surface area contributed by atoms with E-state index in [1.165, 1.54) is 5.69 Å². The van der Waals surface area contributed by atoms with Crippen LogP contribution in [0.2, 0.25) is 0 Å². The minimum Gasteiger partial charge on any atom is -0.271 e. The average molecular weight is 196 g/mol. The summed E-state index contributed by atoms with van der Waals surface area (Å²) in [5, 5.41) is 4.28. The second-order valence-corrected chi connectivity index (χ2v) is 3.49. The van der Waals surface area contributed by atoms with Crippen LogP contribution < -0.4 is 11.3 Å². The Balaban J connectivity index is 2.74. The van der Waals surface area contributed by atoms with Gasteiger partial charge in [0.15, 0.2) is 0 Å². The maximum Gasteiger partial charge on any atom is 0.0629 e. The Kier molecular flexibility index (Phi) is 4.62. The highest BCUT2D eigenvalue weighted by atomic mass is 15.3. The Bertz CT molecular complexity index is 256. The number of nitrogens with one attached hydrogen (secondary N) is 1. The van der Waals surface area contributed by atoms with E-state index in [9.17, 15) is 0 Å². The largest absolute Gasteiger partial charge is 0.271 e. The number of hydrazine groups is 1. The fourth-order valence-electron chi connectivity index (χ4n) is 1.64. The number of hydrogen-bond donors (Lipinski definition) is 2. The normalized spacial score (nSPS) is 13.1. The molecule has 0 spiro atoms. The quantitative estimate of drug-likeness (QED) is 0.536. The molecule has 1 aromatic rings. The van der Waals surface area contributed by atoms with E-state index >= 15 is 0 Å². The van der Waals surface area contributed by atoms with E-state index in [2.05, 4.69) is 24.4 Å². The molecule has 1 rings (SSSR count). The number of rotatable bonds is 6. The molecule has 1 atom stereocenters. The summed E-state index contributed by atoms with van der Waals surface area (Å²) in [5.41, 5.74) is 4.03. The maximum absolute atomic E-state index is 5.52. The van der Waals surface area contributed by atoms with E-state index in [0.717, 1.165) is 25.8 Å². The molecule has 0 aliphatic carbocycles. The highest BCUT2D eigenvalue weighted by Gasteiger charge is 2.12. The minimum atomic E-state index is 0.231. The van der Waals surface area contributed by atoms with E-state index in [4.69, 9.17) is 5.84 Å².